The Morgan fingerprint density at radius 3 is 2.68 bits per heavy atom. The van der Waals surface area contributed by atoms with Gasteiger partial charge < -0.3 is 10.0 Å². The fourth-order valence-electron chi connectivity index (χ4n) is 3.39. The molecule has 1 N–H and O–H groups in total. The Labute approximate surface area is 146 Å². The van der Waals surface area contributed by atoms with Crippen LogP contribution >= 0.6 is 0 Å². The molecule has 0 aliphatic carbocycles. The smallest absolute Gasteiger partial charge is 0.163 e. The Hall–Kier alpha value is -2.67. The predicted molar refractivity (Wildman–Crippen MR) is 96.6 cm³/mol. The van der Waals surface area contributed by atoms with Crippen LogP contribution in [0.2, 0.25) is 0 Å². The molecule has 1 aliphatic heterocycles. The molecule has 25 heavy (non-hydrogen) atoms. The highest BCUT2D eigenvalue weighted by Crippen LogP contribution is 2.24. The number of fused-ring (bicyclic) bond motifs is 1. The van der Waals surface area contributed by atoms with Crippen LogP contribution < -0.4 is 4.90 Å². The molecular formula is C18H22N6O. The third-order valence-corrected chi connectivity index (χ3v) is 4.67. The highest BCUT2D eigenvalue weighted by atomic mass is 16.3. The van der Waals surface area contributed by atoms with Crippen molar-refractivity contribution in [2.75, 3.05) is 31.1 Å². The summed E-state index contributed by atoms with van der Waals surface area (Å²) in [6.45, 7) is 6.53. The number of piperazine rings is 1. The van der Waals surface area contributed by atoms with Gasteiger partial charge in [0.2, 0.25) is 0 Å². The van der Waals surface area contributed by atoms with Crippen molar-refractivity contribution < 1.29 is 5.11 Å². The van der Waals surface area contributed by atoms with Crippen LogP contribution in [-0.4, -0.2) is 55.9 Å². The monoisotopic (exact) mass is 338 g/mol. The quantitative estimate of drug-likeness (QED) is 0.784. The van der Waals surface area contributed by atoms with E-state index in [-0.39, 0.29) is 0 Å². The van der Waals surface area contributed by atoms with Crippen molar-refractivity contribution in [2.24, 2.45) is 7.05 Å². The maximum absolute atomic E-state index is 9.61. The lowest BCUT2D eigenvalue weighted by molar-refractivity contribution is 0.249. The summed E-state index contributed by atoms with van der Waals surface area (Å²) in [5.74, 6) is 2.08. The van der Waals surface area contributed by atoms with Gasteiger partial charge in [-0.2, -0.15) is 5.10 Å². The summed E-state index contributed by atoms with van der Waals surface area (Å²) >= 11 is 0. The van der Waals surface area contributed by atoms with Gasteiger partial charge in [0.15, 0.2) is 5.65 Å². The fourth-order valence-corrected chi connectivity index (χ4v) is 3.39. The molecule has 4 rings (SSSR count). The van der Waals surface area contributed by atoms with Crippen LogP contribution in [0.4, 0.5) is 5.82 Å². The third kappa shape index (κ3) is 3.15. The first-order valence-electron chi connectivity index (χ1n) is 8.52. The minimum atomic E-state index is 0.326. The second-order valence-corrected chi connectivity index (χ2v) is 6.53. The molecule has 0 bridgehead atoms. The summed E-state index contributed by atoms with van der Waals surface area (Å²) in [6, 6.07) is 7.49. The molecular weight excluding hydrogens is 316 g/mol. The number of aryl methyl sites for hydroxylation is 2. The largest absolute Gasteiger partial charge is 0.508 e. The molecule has 7 heteroatoms. The van der Waals surface area contributed by atoms with Gasteiger partial charge >= 0.3 is 0 Å². The van der Waals surface area contributed by atoms with Gasteiger partial charge in [0.25, 0.3) is 0 Å². The summed E-state index contributed by atoms with van der Waals surface area (Å²) in [4.78, 5) is 13.9. The topological polar surface area (TPSA) is 70.3 Å². The van der Waals surface area contributed by atoms with Crippen molar-refractivity contribution in [1.82, 2.24) is 24.6 Å². The average molecular weight is 338 g/mol. The number of hydrogen-bond donors (Lipinski definition) is 1. The Kier molecular flexibility index (Phi) is 4.01. The Bertz CT molecular complexity index is 898. The van der Waals surface area contributed by atoms with Crippen molar-refractivity contribution >= 4 is 16.9 Å². The zero-order valence-electron chi connectivity index (χ0n) is 14.6. The van der Waals surface area contributed by atoms with Gasteiger partial charge in [-0.15, -0.1) is 0 Å². The maximum Gasteiger partial charge on any atom is 0.163 e. The van der Waals surface area contributed by atoms with Crippen LogP contribution in [-0.2, 0) is 13.6 Å². The average Bonchev–Trinajstić information content (AvgIpc) is 2.96. The molecule has 0 unspecified atom stereocenters. The maximum atomic E-state index is 9.61. The molecule has 1 aromatic carbocycles. The number of phenols is 1. The number of nitrogens with zero attached hydrogens (tertiary/aromatic N) is 6. The molecule has 3 aromatic rings. The SMILES string of the molecule is Cc1nc(N2CCN(Cc3cccc(O)c3)CC2)c2cnn(C)c2n1. The summed E-state index contributed by atoms with van der Waals surface area (Å²) in [5, 5.41) is 14.9. The number of aromatic hydroxyl groups is 1. The number of hydrogen-bond acceptors (Lipinski definition) is 6. The molecule has 7 nitrogen and oxygen atoms in total. The minimum absolute atomic E-state index is 0.326. The minimum Gasteiger partial charge on any atom is -0.508 e. The van der Waals surface area contributed by atoms with Crippen molar-refractivity contribution in [2.45, 2.75) is 13.5 Å². The molecule has 2 aromatic heterocycles. The molecule has 0 saturated carbocycles. The van der Waals surface area contributed by atoms with E-state index in [1.807, 2.05) is 32.3 Å². The molecule has 1 aliphatic rings. The van der Waals surface area contributed by atoms with Crippen LogP contribution in [0.25, 0.3) is 11.0 Å². The summed E-state index contributed by atoms with van der Waals surface area (Å²) < 4.78 is 1.80. The van der Waals surface area contributed by atoms with Crippen LogP contribution in [0.3, 0.4) is 0 Å². The van der Waals surface area contributed by atoms with Gasteiger partial charge in [0, 0.05) is 39.8 Å². The summed E-state index contributed by atoms with van der Waals surface area (Å²) in [7, 11) is 1.91. The molecule has 0 amide bonds. The number of benzene rings is 1. The van der Waals surface area contributed by atoms with E-state index in [1.165, 1.54) is 0 Å². The molecule has 130 valence electrons. The van der Waals surface area contributed by atoms with E-state index in [9.17, 15) is 5.11 Å². The molecule has 1 fully saturated rings. The van der Waals surface area contributed by atoms with Crippen molar-refractivity contribution in [3.63, 3.8) is 0 Å². The standard InChI is InChI=1S/C18H22N6O/c1-13-20-17-16(11-19-22(17)2)18(21-13)24-8-6-23(7-9-24)12-14-4-3-5-15(25)10-14/h3-5,10-11,25H,6-9,12H2,1-2H3. The lowest BCUT2D eigenvalue weighted by Crippen LogP contribution is -2.46. The van der Waals surface area contributed by atoms with Gasteiger partial charge in [-0.25, -0.2) is 9.97 Å². The van der Waals surface area contributed by atoms with Crippen LogP contribution in [0, 0.1) is 6.92 Å². The molecule has 0 spiro atoms. The van der Waals surface area contributed by atoms with Gasteiger partial charge in [0.05, 0.1) is 11.6 Å². The predicted octanol–water partition coefficient (Wildman–Crippen LogP) is 1.70. The third-order valence-electron chi connectivity index (χ3n) is 4.67. The van der Waals surface area contributed by atoms with E-state index in [0.29, 0.717) is 5.75 Å². The van der Waals surface area contributed by atoms with Crippen molar-refractivity contribution in [3.05, 3.63) is 41.9 Å². The van der Waals surface area contributed by atoms with Crippen molar-refractivity contribution in [3.8, 4) is 5.75 Å². The van der Waals surface area contributed by atoms with Crippen LogP contribution in [0.1, 0.15) is 11.4 Å². The zero-order chi connectivity index (χ0) is 17.4. The van der Waals surface area contributed by atoms with E-state index < -0.39 is 0 Å². The highest BCUT2D eigenvalue weighted by Gasteiger charge is 2.21. The summed E-state index contributed by atoms with van der Waals surface area (Å²) in [5.41, 5.74) is 2.02. The second-order valence-electron chi connectivity index (χ2n) is 6.53. The van der Waals surface area contributed by atoms with Crippen LogP contribution in [0.15, 0.2) is 30.5 Å². The number of rotatable bonds is 3. The van der Waals surface area contributed by atoms with E-state index in [4.69, 9.17) is 0 Å². The van der Waals surface area contributed by atoms with Gasteiger partial charge in [-0.1, -0.05) is 12.1 Å². The fraction of sp³-hybridized carbons (Fsp3) is 0.389. The normalized spacial score (nSPS) is 15.8. The number of anilines is 1. The lowest BCUT2D eigenvalue weighted by Gasteiger charge is -2.35. The van der Waals surface area contributed by atoms with Crippen LogP contribution in [0.5, 0.6) is 5.75 Å². The molecule has 0 atom stereocenters. The van der Waals surface area contributed by atoms with E-state index in [2.05, 4.69) is 30.9 Å². The highest BCUT2D eigenvalue weighted by molar-refractivity contribution is 5.87. The Morgan fingerprint density at radius 1 is 1.12 bits per heavy atom. The van der Waals surface area contributed by atoms with Crippen molar-refractivity contribution in [1.29, 1.82) is 0 Å². The Balaban J connectivity index is 1.49. The van der Waals surface area contributed by atoms with Gasteiger partial charge in [-0.3, -0.25) is 9.58 Å². The van der Waals surface area contributed by atoms with E-state index >= 15 is 0 Å². The first-order valence-corrected chi connectivity index (χ1v) is 8.52. The first-order chi connectivity index (χ1) is 12.1. The lowest BCUT2D eigenvalue weighted by atomic mass is 10.2. The van der Waals surface area contributed by atoms with Gasteiger partial charge in [0.1, 0.15) is 17.4 Å². The Morgan fingerprint density at radius 2 is 1.92 bits per heavy atom. The van der Waals surface area contributed by atoms with E-state index in [1.54, 1.807) is 10.7 Å². The molecule has 3 heterocycles. The first kappa shape index (κ1) is 15.8. The zero-order valence-corrected chi connectivity index (χ0v) is 14.6. The number of aromatic nitrogens is 4. The second kappa shape index (κ2) is 6.33. The molecule has 1 saturated heterocycles. The van der Waals surface area contributed by atoms with E-state index in [0.717, 1.165) is 61.0 Å². The summed E-state index contributed by atoms with van der Waals surface area (Å²) in [6.07, 6.45) is 1.85. The molecule has 0 radical (unpaired) electrons. The van der Waals surface area contributed by atoms with Gasteiger partial charge in [-0.05, 0) is 24.6 Å². The number of phenolic OH excluding ortho intramolecular Hbond substituents is 1.